The minimum atomic E-state index is 0.675. The maximum absolute atomic E-state index is 3.80. The number of hydrogen-bond donors (Lipinski definition) is 0. The van der Waals surface area contributed by atoms with E-state index < -0.39 is 0 Å². The summed E-state index contributed by atoms with van der Waals surface area (Å²) < 4.78 is 0. The Hall–Kier alpha value is -0.340. The van der Waals surface area contributed by atoms with Crippen molar-refractivity contribution in [2.45, 2.75) is 32.9 Å². The second-order valence-corrected chi connectivity index (χ2v) is 4.03. The molecule has 13 heavy (non-hydrogen) atoms. The average Bonchev–Trinajstić information content (AvgIpc) is 2.11. The predicted molar refractivity (Wildman–Crippen MR) is 57.9 cm³/mol. The van der Waals surface area contributed by atoms with Crippen LogP contribution in [0.1, 0.15) is 20.8 Å². The van der Waals surface area contributed by atoms with Crippen molar-refractivity contribution in [1.82, 2.24) is 9.80 Å². The highest BCUT2D eigenvalue weighted by molar-refractivity contribution is 4.87. The summed E-state index contributed by atoms with van der Waals surface area (Å²) in [5.74, 6) is 0. The molecule has 0 spiro atoms. The van der Waals surface area contributed by atoms with Crippen molar-refractivity contribution >= 4 is 0 Å². The van der Waals surface area contributed by atoms with Gasteiger partial charge in [-0.25, -0.2) is 0 Å². The van der Waals surface area contributed by atoms with Crippen molar-refractivity contribution in [3.63, 3.8) is 0 Å². The van der Waals surface area contributed by atoms with Gasteiger partial charge in [0.2, 0.25) is 0 Å². The zero-order valence-electron chi connectivity index (χ0n) is 9.16. The van der Waals surface area contributed by atoms with Crippen molar-refractivity contribution in [2.24, 2.45) is 0 Å². The van der Waals surface area contributed by atoms with Gasteiger partial charge in [-0.1, -0.05) is 13.0 Å². The lowest BCUT2D eigenvalue weighted by molar-refractivity contribution is 0.0544. The van der Waals surface area contributed by atoms with Gasteiger partial charge in [-0.15, -0.1) is 6.58 Å². The molecular formula is C11H22N2. The average molecular weight is 182 g/mol. The van der Waals surface area contributed by atoms with Gasteiger partial charge in [-0.05, 0) is 20.4 Å². The van der Waals surface area contributed by atoms with Crippen molar-refractivity contribution in [3.8, 4) is 0 Å². The zero-order valence-corrected chi connectivity index (χ0v) is 9.16. The quantitative estimate of drug-likeness (QED) is 0.612. The van der Waals surface area contributed by atoms with E-state index in [2.05, 4.69) is 37.1 Å². The van der Waals surface area contributed by atoms with E-state index in [1.165, 1.54) is 19.6 Å². The Morgan fingerprint density at radius 1 is 1.23 bits per heavy atom. The molecule has 1 aliphatic heterocycles. The number of hydrogen-bond acceptors (Lipinski definition) is 2. The van der Waals surface area contributed by atoms with Crippen LogP contribution in [-0.4, -0.2) is 48.1 Å². The lowest BCUT2D eigenvalue weighted by atomic mass is 10.1. The second kappa shape index (κ2) is 4.77. The molecular weight excluding hydrogens is 160 g/mol. The first-order valence-corrected chi connectivity index (χ1v) is 5.28. The Labute approximate surface area is 82.2 Å². The Morgan fingerprint density at radius 2 is 1.77 bits per heavy atom. The minimum Gasteiger partial charge on any atom is -0.298 e. The molecule has 0 radical (unpaired) electrons. The molecule has 2 heteroatoms. The molecule has 76 valence electrons. The third-order valence-corrected chi connectivity index (χ3v) is 3.01. The van der Waals surface area contributed by atoms with Gasteiger partial charge in [0.1, 0.15) is 0 Å². The summed E-state index contributed by atoms with van der Waals surface area (Å²) in [7, 11) is 0. The molecule has 0 aliphatic carbocycles. The first kappa shape index (κ1) is 10.7. The topological polar surface area (TPSA) is 6.48 Å². The number of rotatable bonds is 3. The van der Waals surface area contributed by atoms with Gasteiger partial charge in [0.15, 0.2) is 0 Å². The lowest BCUT2D eigenvalue weighted by Crippen LogP contribution is -2.56. The van der Waals surface area contributed by atoms with Crippen LogP contribution in [0.25, 0.3) is 0 Å². The molecule has 0 saturated carbocycles. The third-order valence-electron chi connectivity index (χ3n) is 3.01. The minimum absolute atomic E-state index is 0.675. The van der Waals surface area contributed by atoms with Gasteiger partial charge >= 0.3 is 0 Å². The molecule has 2 unspecified atom stereocenters. The molecule has 0 aromatic rings. The molecule has 0 bridgehead atoms. The van der Waals surface area contributed by atoms with Crippen LogP contribution in [0, 0.1) is 0 Å². The van der Waals surface area contributed by atoms with E-state index in [4.69, 9.17) is 0 Å². The molecule has 0 aromatic heterocycles. The zero-order chi connectivity index (χ0) is 9.84. The van der Waals surface area contributed by atoms with Gasteiger partial charge in [-0.3, -0.25) is 9.80 Å². The highest BCUT2D eigenvalue weighted by atomic mass is 15.3. The fraction of sp³-hybridized carbons (Fsp3) is 0.818. The molecule has 2 atom stereocenters. The van der Waals surface area contributed by atoms with Crippen LogP contribution >= 0.6 is 0 Å². The van der Waals surface area contributed by atoms with Crippen LogP contribution < -0.4 is 0 Å². The smallest absolute Gasteiger partial charge is 0.0198 e. The van der Waals surface area contributed by atoms with E-state index in [1.54, 1.807) is 0 Å². The summed E-state index contributed by atoms with van der Waals surface area (Å²) in [4.78, 5) is 5.05. The molecule has 1 heterocycles. The fourth-order valence-electron chi connectivity index (χ4n) is 2.13. The summed E-state index contributed by atoms with van der Waals surface area (Å²) >= 11 is 0. The van der Waals surface area contributed by atoms with Crippen LogP contribution in [0.2, 0.25) is 0 Å². The molecule has 1 aliphatic rings. The monoisotopic (exact) mass is 182 g/mol. The van der Waals surface area contributed by atoms with Crippen molar-refractivity contribution in [2.75, 3.05) is 26.2 Å². The van der Waals surface area contributed by atoms with Gasteiger partial charge in [-0.2, -0.15) is 0 Å². The summed E-state index contributed by atoms with van der Waals surface area (Å²) in [6.07, 6.45) is 2.00. The molecule has 1 fully saturated rings. The fourth-order valence-corrected chi connectivity index (χ4v) is 2.13. The Bertz CT molecular complexity index is 167. The Morgan fingerprint density at radius 3 is 2.31 bits per heavy atom. The highest BCUT2D eigenvalue weighted by Gasteiger charge is 2.26. The molecule has 2 nitrogen and oxygen atoms in total. The largest absolute Gasteiger partial charge is 0.298 e. The van der Waals surface area contributed by atoms with Gasteiger partial charge in [0.25, 0.3) is 0 Å². The standard InChI is InChI=1S/C11H22N2/c1-5-7-13-9-10(3)12(6-2)8-11(13)4/h5,10-11H,1,6-9H2,2-4H3. The van der Waals surface area contributed by atoms with Crippen LogP contribution in [0.3, 0.4) is 0 Å². The molecule has 0 N–H and O–H groups in total. The number of piperazine rings is 1. The first-order valence-electron chi connectivity index (χ1n) is 5.28. The van der Waals surface area contributed by atoms with Crippen LogP contribution in [-0.2, 0) is 0 Å². The van der Waals surface area contributed by atoms with Crippen LogP contribution in [0.4, 0.5) is 0 Å². The third kappa shape index (κ3) is 2.55. The normalized spacial score (nSPS) is 31.9. The maximum atomic E-state index is 3.80. The molecule has 0 aromatic carbocycles. The van der Waals surface area contributed by atoms with Crippen molar-refractivity contribution in [3.05, 3.63) is 12.7 Å². The van der Waals surface area contributed by atoms with E-state index >= 15 is 0 Å². The molecule has 1 rings (SSSR count). The van der Waals surface area contributed by atoms with Gasteiger partial charge in [0.05, 0.1) is 0 Å². The van der Waals surface area contributed by atoms with E-state index in [1.807, 2.05) is 6.08 Å². The first-order chi connectivity index (χ1) is 6.19. The Balaban J connectivity index is 2.50. The highest BCUT2D eigenvalue weighted by Crippen LogP contribution is 2.14. The van der Waals surface area contributed by atoms with Gasteiger partial charge in [0, 0.05) is 31.7 Å². The second-order valence-electron chi connectivity index (χ2n) is 4.03. The van der Waals surface area contributed by atoms with Crippen LogP contribution in [0.15, 0.2) is 12.7 Å². The van der Waals surface area contributed by atoms with Crippen molar-refractivity contribution < 1.29 is 0 Å². The number of likely N-dealkylation sites (N-methyl/N-ethyl adjacent to an activating group) is 1. The van der Waals surface area contributed by atoms with E-state index in [9.17, 15) is 0 Å². The maximum Gasteiger partial charge on any atom is 0.0198 e. The predicted octanol–water partition coefficient (Wildman–Crippen LogP) is 1.59. The SMILES string of the molecule is C=CCN1CC(C)N(CC)CC1C. The van der Waals surface area contributed by atoms with E-state index in [-0.39, 0.29) is 0 Å². The Kier molecular flexibility index (Phi) is 3.94. The van der Waals surface area contributed by atoms with Crippen LogP contribution in [0.5, 0.6) is 0 Å². The van der Waals surface area contributed by atoms with E-state index in [0.29, 0.717) is 12.1 Å². The molecule has 0 amide bonds. The number of nitrogens with zero attached hydrogens (tertiary/aromatic N) is 2. The summed E-state index contributed by atoms with van der Waals surface area (Å²) in [6.45, 7) is 15.2. The lowest BCUT2D eigenvalue weighted by Gasteiger charge is -2.43. The van der Waals surface area contributed by atoms with Gasteiger partial charge < -0.3 is 0 Å². The van der Waals surface area contributed by atoms with Crippen molar-refractivity contribution in [1.29, 1.82) is 0 Å². The molecule has 1 saturated heterocycles. The summed E-state index contributed by atoms with van der Waals surface area (Å²) in [5.41, 5.74) is 0. The van der Waals surface area contributed by atoms with E-state index in [0.717, 1.165) is 6.54 Å². The summed E-state index contributed by atoms with van der Waals surface area (Å²) in [6, 6.07) is 1.37. The summed E-state index contributed by atoms with van der Waals surface area (Å²) in [5, 5.41) is 0.